The number of methoxy groups -OCH3 is 1. The summed E-state index contributed by atoms with van der Waals surface area (Å²) in [6.45, 7) is 2.71. The number of hydrogen-bond donors (Lipinski definition) is 1. The SMILES string of the molecule is CCN(c1ccccc1)c1nncc(Nc2ccccc2C(=O)OC)n1. The molecule has 0 saturated carbocycles. The Bertz CT molecular complexity index is 886. The van der Waals surface area contributed by atoms with Gasteiger partial charge in [-0.15, -0.1) is 5.10 Å². The summed E-state index contributed by atoms with van der Waals surface area (Å²) in [5.74, 6) is 0.537. The van der Waals surface area contributed by atoms with E-state index in [1.807, 2.05) is 48.2 Å². The molecule has 0 aliphatic heterocycles. The van der Waals surface area contributed by atoms with E-state index in [-0.39, 0.29) is 0 Å². The monoisotopic (exact) mass is 349 g/mol. The number of carbonyl (C=O) groups is 1. The minimum absolute atomic E-state index is 0.421. The largest absolute Gasteiger partial charge is 0.465 e. The minimum Gasteiger partial charge on any atom is -0.465 e. The molecule has 1 aromatic heterocycles. The Morgan fingerprint density at radius 2 is 1.85 bits per heavy atom. The standard InChI is InChI=1S/C19H19N5O2/c1-3-24(14-9-5-4-6-10-14)19-22-17(13-20-23-19)21-16-12-8-7-11-15(16)18(25)26-2/h4-13H,3H2,1-2H3,(H,21,22,23). The van der Waals surface area contributed by atoms with Crippen LogP contribution in [0.5, 0.6) is 0 Å². The summed E-state index contributed by atoms with van der Waals surface area (Å²) in [6.07, 6.45) is 1.51. The van der Waals surface area contributed by atoms with Crippen molar-refractivity contribution < 1.29 is 9.53 Å². The van der Waals surface area contributed by atoms with Crippen LogP contribution in [0.25, 0.3) is 0 Å². The molecule has 0 spiro atoms. The molecule has 0 saturated heterocycles. The molecule has 0 amide bonds. The number of esters is 1. The Kier molecular flexibility index (Phi) is 5.38. The molecule has 1 heterocycles. The van der Waals surface area contributed by atoms with Crippen LogP contribution in [0, 0.1) is 0 Å². The second kappa shape index (κ2) is 8.06. The fourth-order valence-corrected chi connectivity index (χ4v) is 2.53. The Morgan fingerprint density at radius 1 is 1.12 bits per heavy atom. The first kappa shape index (κ1) is 17.3. The highest BCUT2D eigenvalue weighted by atomic mass is 16.5. The number of nitrogens with zero attached hydrogens (tertiary/aromatic N) is 4. The second-order valence-corrected chi connectivity index (χ2v) is 5.38. The van der Waals surface area contributed by atoms with Gasteiger partial charge in [-0.05, 0) is 31.2 Å². The zero-order valence-electron chi connectivity index (χ0n) is 14.6. The summed E-state index contributed by atoms with van der Waals surface area (Å²) >= 11 is 0. The lowest BCUT2D eigenvalue weighted by molar-refractivity contribution is 0.0602. The number of anilines is 4. The predicted octanol–water partition coefficient (Wildman–Crippen LogP) is 3.56. The zero-order chi connectivity index (χ0) is 18.4. The van der Waals surface area contributed by atoms with Gasteiger partial charge < -0.3 is 15.0 Å². The molecule has 0 aliphatic carbocycles. The topological polar surface area (TPSA) is 80.2 Å². The van der Waals surface area contributed by atoms with Crippen LogP contribution in [-0.2, 0) is 4.74 Å². The van der Waals surface area contributed by atoms with Gasteiger partial charge in [0, 0.05) is 12.2 Å². The number of rotatable bonds is 6. The van der Waals surface area contributed by atoms with Crippen LogP contribution < -0.4 is 10.2 Å². The van der Waals surface area contributed by atoms with Gasteiger partial charge in [0.1, 0.15) is 0 Å². The van der Waals surface area contributed by atoms with E-state index in [2.05, 4.69) is 20.5 Å². The first-order chi connectivity index (χ1) is 12.7. The van der Waals surface area contributed by atoms with Gasteiger partial charge in [0.2, 0.25) is 0 Å². The summed E-state index contributed by atoms with van der Waals surface area (Å²) in [6, 6.07) is 16.9. The van der Waals surface area contributed by atoms with Gasteiger partial charge in [-0.2, -0.15) is 10.1 Å². The number of nitrogens with one attached hydrogen (secondary N) is 1. The lowest BCUT2D eigenvalue weighted by Crippen LogP contribution is -2.19. The van der Waals surface area contributed by atoms with E-state index >= 15 is 0 Å². The lowest BCUT2D eigenvalue weighted by Gasteiger charge is -2.20. The smallest absolute Gasteiger partial charge is 0.339 e. The number of ether oxygens (including phenoxy) is 1. The summed E-state index contributed by atoms with van der Waals surface area (Å²) in [5, 5.41) is 11.3. The van der Waals surface area contributed by atoms with E-state index in [4.69, 9.17) is 4.74 Å². The quantitative estimate of drug-likeness (QED) is 0.682. The number of para-hydroxylation sites is 2. The summed E-state index contributed by atoms with van der Waals surface area (Å²) in [4.78, 5) is 18.4. The molecule has 0 radical (unpaired) electrons. The van der Waals surface area contributed by atoms with E-state index in [9.17, 15) is 4.79 Å². The van der Waals surface area contributed by atoms with Crippen LogP contribution in [-0.4, -0.2) is 34.8 Å². The van der Waals surface area contributed by atoms with Crippen LogP contribution in [0.3, 0.4) is 0 Å². The van der Waals surface area contributed by atoms with Crippen molar-refractivity contribution in [2.45, 2.75) is 6.92 Å². The van der Waals surface area contributed by atoms with Crippen molar-refractivity contribution in [3.05, 3.63) is 66.4 Å². The Labute approximate surface area is 151 Å². The first-order valence-corrected chi connectivity index (χ1v) is 8.19. The van der Waals surface area contributed by atoms with E-state index in [1.165, 1.54) is 13.3 Å². The first-order valence-electron chi connectivity index (χ1n) is 8.19. The van der Waals surface area contributed by atoms with E-state index < -0.39 is 5.97 Å². The zero-order valence-corrected chi connectivity index (χ0v) is 14.6. The van der Waals surface area contributed by atoms with Crippen molar-refractivity contribution >= 4 is 29.1 Å². The van der Waals surface area contributed by atoms with Gasteiger partial charge in [-0.1, -0.05) is 30.3 Å². The molecule has 132 valence electrons. The van der Waals surface area contributed by atoms with Crippen molar-refractivity contribution in [1.82, 2.24) is 15.2 Å². The molecule has 1 N–H and O–H groups in total. The molecular weight excluding hydrogens is 330 g/mol. The maximum absolute atomic E-state index is 11.9. The van der Waals surface area contributed by atoms with Crippen LogP contribution in [0.2, 0.25) is 0 Å². The van der Waals surface area contributed by atoms with Crippen molar-refractivity contribution in [3.63, 3.8) is 0 Å². The third-order valence-electron chi connectivity index (χ3n) is 3.77. The molecule has 0 bridgehead atoms. The van der Waals surface area contributed by atoms with Crippen LogP contribution >= 0.6 is 0 Å². The van der Waals surface area contributed by atoms with Crippen LogP contribution in [0.1, 0.15) is 17.3 Å². The Balaban J connectivity index is 1.90. The van der Waals surface area contributed by atoms with Gasteiger partial charge in [0.15, 0.2) is 5.82 Å². The summed E-state index contributed by atoms with van der Waals surface area (Å²) in [5.41, 5.74) is 1.99. The molecule has 0 atom stereocenters. The molecule has 0 unspecified atom stereocenters. The summed E-state index contributed by atoms with van der Waals surface area (Å²) in [7, 11) is 1.35. The third kappa shape index (κ3) is 3.77. The molecule has 26 heavy (non-hydrogen) atoms. The Morgan fingerprint density at radius 3 is 2.58 bits per heavy atom. The fraction of sp³-hybridized carbons (Fsp3) is 0.158. The van der Waals surface area contributed by atoms with Crippen LogP contribution in [0.4, 0.5) is 23.1 Å². The molecular formula is C19H19N5O2. The number of benzene rings is 2. The van der Waals surface area contributed by atoms with Gasteiger partial charge >= 0.3 is 5.97 Å². The average molecular weight is 349 g/mol. The number of hydrogen-bond acceptors (Lipinski definition) is 7. The highest BCUT2D eigenvalue weighted by Crippen LogP contribution is 2.24. The highest BCUT2D eigenvalue weighted by Gasteiger charge is 2.14. The molecule has 3 rings (SSSR count). The van der Waals surface area contributed by atoms with Gasteiger partial charge in [0.05, 0.1) is 24.6 Å². The average Bonchev–Trinajstić information content (AvgIpc) is 2.69. The lowest BCUT2D eigenvalue weighted by atomic mass is 10.2. The van der Waals surface area contributed by atoms with Crippen LogP contribution in [0.15, 0.2) is 60.8 Å². The normalized spacial score (nSPS) is 10.2. The molecule has 2 aromatic carbocycles. The van der Waals surface area contributed by atoms with Crippen molar-refractivity contribution in [1.29, 1.82) is 0 Å². The minimum atomic E-state index is -0.421. The number of aromatic nitrogens is 3. The van der Waals surface area contributed by atoms with Crippen molar-refractivity contribution in [3.8, 4) is 0 Å². The predicted molar refractivity (Wildman–Crippen MR) is 100 cm³/mol. The van der Waals surface area contributed by atoms with Gasteiger partial charge in [-0.25, -0.2) is 4.79 Å². The maximum Gasteiger partial charge on any atom is 0.339 e. The molecule has 3 aromatic rings. The molecule has 0 aliphatic rings. The highest BCUT2D eigenvalue weighted by molar-refractivity contribution is 5.96. The number of carbonyl (C=O) groups excluding carboxylic acids is 1. The van der Waals surface area contributed by atoms with E-state index in [1.54, 1.807) is 18.2 Å². The van der Waals surface area contributed by atoms with E-state index in [0.717, 1.165) is 5.69 Å². The van der Waals surface area contributed by atoms with Gasteiger partial charge in [0.25, 0.3) is 5.95 Å². The molecule has 7 heteroatoms. The second-order valence-electron chi connectivity index (χ2n) is 5.38. The third-order valence-corrected chi connectivity index (χ3v) is 3.77. The van der Waals surface area contributed by atoms with Crippen molar-refractivity contribution in [2.75, 3.05) is 23.9 Å². The molecule has 7 nitrogen and oxygen atoms in total. The summed E-state index contributed by atoms with van der Waals surface area (Å²) < 4.78 is 4.82. The fourth-order valence-electron chi connectivity index (χ4n) is 2.53. The van der Waals surface area contributed by atoms with Gasteiger partial charge in [-0.3, -0.25) is 0 Å². The Hall–Kier alpha value is -3.48. The maximum atomic E-state index is 11.9. The van der Waals surface area contributed by atoms with Crippen molar-refractivity contribution in [2.24, 2.45) is 0 Å². The molecule has 0 fully saturated rings. The van der Waals surface area contributed by atoms with E-state index in [0.29, 0.717) is 29.6 Å².